The van der Waals surface area contributed by atoms with Crippen LogP contribution in [0.3, 0.4) is 0 Å². The fourth-order valence-corrected chi connectivity index (χ4v) is 3.38. The average Bonchev–Trinajstić information content (AvgIpc) is 3.08. The zero-order valence-electron chi connectivity index (χ0n) is 16.2. The lowest BCUT2D eigenvalue weighted by Crippen LogP contribution is -2.24. The third-order valence-corrected chi connectivity index (χ3v) is 4.99. The van der Waals surface area contributed by atoms with Crippen LogP contribution in [0.4, 0.5) is 5.82 Å². The number of unbranched alkanes of at least 4 members (excludes halogenated alkanes) is 1. The molecular formula is C22H24N4O2. The predicted molar refractivity (Wildman–Crippen MR) is 110 cm³/mol. The van der Waals surface area contributed by atoms with Gasteiger partial charge in [-0.2, -0.15) is 5.26 Å². The van der Waals surface area contributed by atoms with Crippen LogP contribution in [0.2, 0.25) is 0 Å². The minimum atomic E-state index is -0.302. The largest absolute Gasteiger partial charge is 0.326 e. The van der Waals surface area contributed by atoms with Crippen LogP contribution in [0.15, 0.2) is 47.4 Å². The summed E-state index contributed by atoms with van der Waals surface area (Å²) in [6.07, 6.45) is 5.23. The number of nitrogens with zero attached hydrogens (tertiary/aromatic N) is 2. The quantitative estimate of drug-likeness (QED) is 0.643. The highest BCUT2D eigenvalue weighted by atomic mass is 16.2. The normalized spacial score (nSPS) is 11.9. The highest BCUT2D eigenvalue weighted by molar-refractivity contribution is 5.92. The van der Waals surface area contributed by atoms with Crippen molar-refractivity contribution in [1.29, 1.82) is 5.26 Å². The van der Waals surface area contributed by atoms with E-state index in [4.69, 9.17) is 0 Å². The number of anilines is 1. The Kier molecular flexibility index (Phi) is 5.95. The first-order chi connectivity index (χ1) is 13.6. The molecule has 144 valence electrons. The maximum absolute atomic E-state index is 12.6. The van der Waals surface area contributed by atoms with Crippen molar-refractivity contribution >= 4 is 17.4 Å². The first-order valence-electron chi connectivity index (χ1n) is 9.63. The lowest BCUT2D eigenvalue weighted by molar-refractivity contribution is -0.120. The maximum atomic E-state index is 12.6. The average molecular weight is 376 g/mol. The Bertz CT molecular complexity index is 1070. The Morgan fingerprint density at radius 3 is 2.68 bits per heavy atom. The van der Waals surface area contributed by atoms with Gasteiger partial charge in [-0.15, -0.1) is 0 Å². The molecule has 0 bridgehead atoms. The lowest BCUT2D eigenvalue weighted by atomic mass is 9.98. The molecule has 0 saturated carbocycles. The number of aromatic amines is 1. The van der Waals surface area contributed by atoms with Gasteiger partial charge in [-0.3, -0.25) is 14.0 Å². The molecule has 6 heteroatoms. The number of benzene rings is 1. The Balaban J connectivity index is 2.00. The third-order valence-electron chi connectivity index (χ3n) is 4.99. The first kappa shape index (κ1) is 19.4. The van der Waals surface area contributed by atoms with E-state index in [-0.39, 0.29) is 17.4 Å². The van der Waals surface area contributed by atoms with E-state index in [1.54, 1.807) is 6.20 Å². The number of carbonyl (C=O) groups excluding carboxylic acids is 1. The number of amides is 1. The Morgan fingerprint density at radius 1 is 1.29 bits per heavy atom. The fraction of sp³-hybridized carbons (Fsp3) is 0.318. The second kappa shape index (κ2) is 8.57. The van der Waals surface area contributed by atoms with E-state index in [1.807, 2.05) is 37.3 Å². The van der Waals surface area contributed by atoms with E-state index >= 15 is 0 Å². The second-order valence-corrected chi connectivity index (χ2v) is 6.87. The van der Waals surface area contributed by atoms with Crippen LogP contribution in [0.1, 0.15) is 45.1 Å². The molecule has 2 heterocycles. The second-order valence-electron chi connectivity index (χ2n) is 6.87. The van der Waals surface area contributed by atoms with Crippen molar-refractivity contribution in [3.05, 3.63) is 58.5 Å². The topological polar surface area (TPSA) is 90.2 Å². The summed E-state index contributed by atoms with van der Waals surface area (Å²) in [7, 11) is 0. The van der Waals surface area contributed by atoms with Gasteiger partial charge in [0, 0.05) is 23.7 Å². The van der Waals surface area contributed by atoms with Gasteiger partial charge in [-0.1, -0.05) is 57.0 Å². The van der Waals surface area contributed by atoms with Gasteiger partial charge in [0.05, 0.1) is 0 Å². The van der Waals surface area contributed by atoms with Crippen molar-refractivity contribution in [2.24, 2.45) is 5.92 Å². The number of rotatable bonds is 7. The summed E-state index contributed by atoms with van der Waals surface area (Å²) >= 11 is 0. The zero-order valence-corrected chi connectivity index (χ0v) is 16.2. The van der Waals surface area contributed by atoms with E-state index in [9.17, 15) is 14.9 Å². The van der Waals surface area contributed by atoms with Gasteiger partial charge >= 0.3 is 0 Å². The van der Waals surface area contributed by atoms with Crippen LogP contribution in [0.25, 0.3) is 16.8 Å². The summed E-state index contributed by atoms with van der Waals surface area (Å²) < 4.78 is 1.41. The molecule has 0 radical (unpaired) electrons. The first-order valence-corrected chi connectivity index (χ1v) is 9.63. The monoisotopic (exact) mass is 376 g/mol. The Morgan fingerprint density at radius 2 is 2.04 bits per heavy atom. The zero-order chi connectivity index (χ0) is 20.1. The molecule has 0 aliphatic carbocycles. The van der Waals surface area contributed by atoms with Gasteiger partial charge in [0.25, 0.3) is 5.56 Å². The molecule has 0 aliphatic heterocycles. The summed E-state index contributed by atoms with van der Waals surface area (Å²) in [6.45, 7) is 4.08. The summed E-state index contributed by atoms with van der Waals surface area (Å²) in [6, 6.07) is 13.0. The van der Waals surface area contributed by atoms with E-state index in [0.717, 1.165) is 31.2 Å². The number of nitriles is 1. The molecule has 0 aliphatic rings. The molecule has 0 saturated heterocycles. The Labute approximate surface area is 163 Å². The third kappa shape index (κ3) is 3.84. The molecule has 3 rings (SSSR count). The summed E-state index contributed by atoms with van der Waals surface area (Å²) in [5.74, 6) is 0.109. The number of hydrogen-bond acceptors (Lipinski definition) is 3. The van der Waals surface area contributed by atoms with Crippen LogP contribution in [-0.4, -0.2) is 15.3 Å². The van der Waals surface area contributed by atoms with E-state index in [2.05, 4.69) is 23.3 Å². The summed E-state index contributed by atoms with van der Waals surface area (Å²) in [5, 5.41) is 12.5. The van der Waals surface area contributed by atoms with Crippen LogP contribution < -0.4 is 10.9 Å². The molecule has 28 heavy (non-hydrogen) atoms. The molecule has 0 spiro atoms. The van der Waals surface area contributed by atoms with Crippen LogP contribution in [0.5, 0.6) is 0 Å². The minimum absolute atomic E-state index is 0.0956. The fourth-order valence-electron chi connectivity index (χ4n) is 3.38. The van der Waals surface area contributed by atoms with Crippen molar-refractivity contribution in [3.8, 4) is 17.2 Å². The number of fused-ring (bicyclic) bond motifs is 1. The Hall–Kier alpha value is -3.33. The smallest absolute Gasteiger partial charge is 0.259 e. The molecule has 3 aromatic rings. The molecule has 6 nitrogen and oxygen atoms in total. The maximum Gasteiger partial charge on any atom is 0.259 e. The van der Waals surface area contributed by atoms with Gasteiger partial charge in [0.2, 0.25) is 5.91 Å². The molecule has 2 N–H and O–H groups in total. The summed E-state index contributed by atoms with van der Waals surface area (Å²) in [5.41, 5.74) is 1.98. The van der Waals surface area contributed by atoms with E-state index < -0.39 is 0 Å². The van der Waals surface area contributed by atoms with Crippen molar-refractivity contribution in [2.75, 3.05) is 5.32 Å². The molecule has 2 aromatic heterocycles. The van der Waals surface area contributed by atoms with Crippen molar-refractivity contribution in [1.82, 2.24) is 9.38 Å². The number of aromatic nitrogens is 2. The number of H-pyrrole nitrogens is 1. The van der Waals surface area contributed by atoms with Crippen molar-refractivity contribution in [2.45, 2.75) is 39.5 Å². The molecule has 1 atom stereocenters. The van der Waals surface area contributed by atoms with E-state index in [0.29, 0.717) is 22.6 Å². The van der Waals surface area contributed by atoms with Gasteiger partial charge in [0.15, 0.2) is 0 Å². The number of nitrogens with one attached hydrogen (secondary N) is 2. The van der Waals surface area contributed by atoms with Crippen LogP contribution in [-0.2, 0) is 4.79 Å². The van der Waals surface area contributed by atoms with Crippen molar-refractivity contribution in [3.63, 3.8) is 0 Å². The van der Waals surface area contributed by atoms with E-state index in [1.165, 1.54) is 10.5 Å². The number of carbonyl (C=O) groups is 1. The lowest BCUT2D eigenvalue weighted by Gasteiger charge is -2.14. The molecular weight excluding hydrogens is 352 g/mol. The predicted octanol–water partition coefficient (Wildman–Crippen LogP) is 4.32. The molecule has 0 fully saturated rings. The molecule has 1 aromatic carbocycles. The molecule has 1 amide bonds. The highest BCUT2D eigenvalue weighted by Gasteiger charge is 2.19. The molecule has 1 unspecified atom stereocenters. The van der Waals surface area contributed by atoms with Crippen LogP contribution >= 0.6 is 0 Å². The summed E-state index contributed by atoms with van der Waals surface area (Å²) in [4.78, 5) is 28.2. The van der Waals surface area contributed by atoms with Crippen LogP contribution in [0, 0.1) is 17.2 Å². The van der Waals surface area contributed by atoms with Gasteiger partial charge in [-0.25, -0.2) is 0 Å². The SMILES string of the molecule is CCCCC(CC)C(=O)Nc1cc(=O)n2cc(-c3ccccc3)c(C#N)c2[nH]1. The highest BCUT2D eigenvalue weighted by Crippen LogP contribution is 2.27. The standard InChI is InChI=1S/C22H24N4O2/c1-3-5-9-15(4-2)22(28)25-19-12-20(27)26-14-18(16-10-7-6-8-11-16)17(13-23)21(26)24-19/h6-8,10-12,14-15,24H,3-5,9H2,1-2H3,(H,25,28). The van der Waals surface area contributed by atoms with Gasteiger partial charge in [0.1, 0.15) is 23.1 Å². The van der Waals surface area contributed by atoms with Gasteiger partial charge < -0.3 is 10.3 Å². The minimum Gasteiger partial charge on any atom is -0.326 e. The van der Waals surface area contributed by atoms with Gasteiger partial charge in [-0.05, 0) is 18.4 Å². The number of hydrogen-bond donors (Lipinski definition) is 2. The van der Waals surface area contributed by atoms with Crippen molar-refractivity contribution < 1.29 is 4.79 Å².